The van der Waals surface area contributed by atoms with Crippen molar-refractivity contribution in [2.75, 3.05) is 0 Å². The Morgan fingerprint density at radius 3 is 2.12 bits per heavy atom. The van der Waals surface area contributed by atoms with Crippen LogP contribution < -0.4 is 0 Å². The van der Waals surface area contributed by atoms with E-state index in [1.165, 1.54) is 6.92 Å². The lowest BCUT2D eigenvalue weighted by molar-refractivity contribution is -0.269. The maximum atomic E-state index is 13.6. The first-order valence-corrected chi connectivity index (χ1v) is 5.15. The molecule has 7 heteroatoms. The minimum atomic E-state index is -1.96. The second kappa shape index (κ2) is 5.42. The highest BCUT2D eigenvalue weighted by molar-refractivity contribution is 5.67. The van der Waals surface area contributed by atoms with Crippen molar-refractivity contribution >= 4 is 11.9 Å². The molecule has 5 atom stereocenters. The standard InChI is InChI=1S/C10H15FO6/c1-4-8(16-5(2)12)9(17-6(3)13)7(11)10(14)15-4/h4,7-10,14H,1-3H3/t4?,7-,8+,9-,10?/m0/s1. The summed E-state index contributed by atoms with van der Waals surface area (Å²) in [6.07, 6.45) is -6.88. The lowest BCUT2D eigenvalue weighted by Crippen LogP contribution is -2.57. The molecule has 1 heterocycles. The summed E-state index contributed by atoms with van der Waals surface area (Å²) in [5, 5.41) is 9.25. The van der Waals surface area contributed by atoms with Gasteiger partial charge in [-0.2, -0.15) is 0 Å². The van der Waals surface area contributed by atoms with Crippen molar-refractivity contribution in [3.63, 3.8) is 0 Å². The van der Waals surface area contributed by atoms with Crippen LogP contribution in [-0.4, -0.2) is 47.8 Å². The summed E-state index contributed by atoms with van der Waals surface area (Å²) < 4.78 is 28.0. The van der Waals surface area contributed by atoms with Gasteiger partial charge in [-0.3, -0.25) is 9.59 Å². The van der Waals surface area contributed by atoms with E-state index >= 15 is 0 Å². The Labute approximate surface area is 97.6 Å². The van der Waals surface area contributed by atoms with Gasteiger partial charge >= 0.3 is 11.9 Å². The molecule has 0 aliphatic carbocycles. The summed E-state index contributed by atoms with van der Waals surface area (Å²) in [4.78, 5) is 21.7. The van der Waals surface area contributed by atoms with Gasteiger partial charge in [0.1, 0.15) is 0 Å². The predicted octanol–water partition coefficient (Wildman–Crippen LogP) is -0.0750. The van der Waals surface area contributed by atoms with Gasteiger partial charge in [-0.15, -0.1) is 0 Å². The van der Waals surface area contributed by atoms with Gasteiger partial charge in [-0.05, 0) is 6.92 Å². The summed E-state index contributed by atoms with van der Waals surface area (Å²) in [5.41, 5.74) is 0. The van der Waals surface area contributed by atoms with E-state index in [1.807, 2.05) is 0 Å². The summed E-state index contributed by atoms with van der Waals surface area (Å²) in [7, 11) is 0. The molecule has 0 aromatic rings. The molecule has 2 unspecified atom stereocenters. The van der Waals surface area contributed by atoms with Crippen molar-refractivity contribution < 1.29 is 33.3 Å². The number of halogens is 1. The first kappa shape index (κ1) is 13.9. The van der Waals surface area contributed by atoms with Crippen LogP contribution in [0.25, 0.3) is 0 Å². The Kier molecular flexibility index (Phi) is 4.41. The first-order valence-electron chi connectivity index (χ1n) is 5.15. The Morgan fingerprint density at radius 2 is 1.65 bits per heavy atom. The molecule has 0 amide bonds. The van der Waals surface area contributed by atoms with Crippen LogP contribution in [0.15, 0.2) is 0 Å². The number of esters is 2. The SMILES string of the molecule is CC(=O)O[C@H]1[C@H](F)C(O)OC(C)[C@H]1OC(C)=O. The van der Waals surface area contributed by atoms with Gasteiger partial charge in [0.15, 0.2) is 24.7 Å². The van der Waals surface area contributed by atoms with Crippen molar-refractivity contribution in [3.05, 3.63) is 0 Å². The molecule has 0 aromatic heterocycles. The van der Waals surface area contributed by atoms with E-state index in [9.17, 15) is 19.1 Å². The van der Waals surface area contributed by atoms with Crippen molar-refractivity contribution in [2.24, 2.45) is 0 Å². The molecule has 6 nitrogen and oxygen atoms in total. The predicted molar refractivity (Wildman–Crippen MR) is 52.6 cm³/mol. The molecule has 0 saturated carbocycles. The van der Waals surface area contributed by atoms with Crippen molar-refractivity contribution in [1.82, 2.24) is 0 Å². The Hall–Kier alpha value is -1.21. The molecule has 17 heavy (non-hydrogen) atoms. The summed E-state index contributed by atoms with van der Waals surface area (Å²) in [6, 6.07) is 0. The van der Waals surface area contributed by atoms with E-state index in [0.717, 1.165) is 13.8 Å². The van der Waals surface area contributed by atoms with Crippen molar-refractivity contribution in [2.45, 2.75) is 51.5 Å². The second-order valence-corrected chi connectivity index (χ2v) is 3.82. The fourth-order valence-corrected chi connectivity index (χ4v) is 1.66. The van der Waals surface area contributed by atoms with Gasteiger partial charge in [0.25, 0.3) is 0 Å². The lowest BCUT2D eigenvalue weighted by Gasteiger charge is -2.39. The lowest BCUT2D eigenvalue weighted by atomic mass is 10.0. The number of ether oxygens (including phenoxy) is 3. The highest BCUT2D eigenvalue weighted by Crippen LogP contribution is 2.27. The number of hydrogen-bond donors (Lipinski definition) is 1. The molecule has 0 aromatic carbocycles. The van der Waals surface area contributed by atoms with Gasteiger partial charge < -0.3 is 19.3 Å². The molecule has 1 N–H and O–H groups in total. The zero-order valence-electron chi connectivity index (χ0n) is 9.75. The molecular weight excluding hydrogens is 235 g/mol. The van der Waals surface area contributed by atoms with E-state index in [0.29, 0.717) is 0 Å². The minimum absolute atomic E-state index is 0.647. The molecule has 98 valence electrons. The van der Waals surface area contributed by atoms with Crippen LogP contribution in [0.4, 0.5) is 4.39 Å². The smallest absolute Gasteiger partial charge is 0.303 e. The van der Waals surface area contributed by atoms with Crippen LogP contribution in [-0.2, 0) is 23.8 Å². The molecule has 1 fully saturated rings. The van der Waals surface area contributed by atoms with Crippen molar-refractivity contribution in [1.29, 1.82) is 0 Å². The van der Waals surface area contributed by atoms with Crippen LogP contribution in [0.1, 0.15) is 20.8 Å². The van der Waals surface area contributed by atoms with Gasteiger partial charge in [0.2, 0.25) is 0 Å². The van der Waals surface area contributed by atoms with E-state index in [-0.39, 0.29) is 0 Å². The number of aliphatic hydroxyl groups excluding tert-OH is 1. The first-order chi connectivity index (χ1) is 7.82. The third-order valence-electron chi connectivity index (χ3n) is 2.33. The molecule has 1 aliphatic rings. The van der Waals surface area contributed by atoms with Crippen LogP contribution >= 0.6 is 0 Å². The van der Waals surface area contributed by atoms with Crippen molar-refractivity contribution in [3.8, 4) is 0 Å². The molecule has 0 radical (unpaired) electrons. The fourth-order valence-electron chi connectivity index (χ4n) is 1.66. The normalized spacial score (nSPS) is 37.4. The zero-order chi connectivity index (χ0) is 13.2. The molecule has 1 aliphatic heterocycles. The third-order valence-corrected chi connectivity index (χ3v) is 2.33. The second-order valence-electron chi connectivity index (χ2n) is 3.82. The number of aliphatic hydroxyl groups is 1. The highest BCUT2D eigenvalue weighted by atomic mass is 19.1. The fraction of sp³-hybridized carbons (Fsp3) is 0.800. The maximum Gasteiger partial charge on any atom is 0.303 e. The summed E-state index contributed by atoms with van der Waals surface area (Å²) in [5.74, 6) is -1.37. The number of carbonyl (C=O) groups is 2. The molecule has 0 spiro atoms. The molecule has 1 saturated heterocycles. The number of hydrogen-bond acceptors (Lipinski definition) is 6. The largest absolute Gasteiger partial charge is 0.456 e. The van der Waals surface area contributed by atoms with Gasteiger partial charge in [-0.25, -0.2) is 4.39 Å². The van der Waals surface area contributed by atoms with E-state index in [4.69, 9.17) is 14.2 Å². The summed E-state index contributed by atoms with van der Waals surface area (Å²) in [6.45, 7) is 3.74. The zero-order valence-corrected chi connectivity index (χ0v) is 9.75. The van der Waals surface area contributed by atoms with Gasteiger partial charge in [0.05, 0.1) is 6.10 Å². The summed E-state index contributed by atoms with van der Waals surface area (Å²) >= 11 is 0. The van der Waals surface area contributed by atoms with Crippen LogP contribution in [0, 0.1) is 0 Å². The van der Waals surface area contributed by atoms with Gasteiger partial charge in [-0.1, -0.05) is 0 Å². The number of alkyl halides is 1. The minimum Gasteiger partial charge on any atom is -0.456 e. The molecule has 0 bridgehead atoms. The van der Waals surface area contributed by atoms with Gasteiger partial charge in [0, 0.05) is 13.8 Å². The Bertz CT molecular complexity index is 307. The Morgan fingerprint density at radius 1 is 1.18 bits per heavy atom. The molecule has 1 rings (SSSR count). The van der Waals surface area contributed by atoms with E-state index in [1.54, 1.807) is 0 Å². The number of carbonyl (C=O) groups excluding carboxylic acids is 2. The Balaban J connectivity index is 2.86. The highest BCUT2D eigenvalue weighted by Gasteiger charge is 2.48. The molecular formula is C10H15FO6. The van der Waals surface area contributed by atoms with E-state index < -0.39 is 42.7 Å². The third kappa shape index (κ3) is 3.37. The average Bonchev–Trinajstić information content (AvgIpc) is 2.19. The van der Waals surface area contributed by atoms with Crippen LogP contribution in [0.2, 0.25) is 0 Å². The van der Waals surface area contributed by atoms with Crippen LogP contribution in [0.3, 0.4) is 0 Å². The van der Waals surface area contributed by atoms with E-state index in [2.05, 4.69) is 0 Å². The monoisotopic (exact) mass is 250 g/mol. The topological polar surface area (TPSA) is 82.1 Å². The maximum absolute atomic E-state index is 13.6. The number of rotatable bonds is 2. The van der Waals surface area contributed by atoms with Crippen LogP contribution in [0.5, 0.6) is 0 Å². The quantitative estimate of drug-likeness (QED) is 0.690. The average molecular weight is 250 g/mol.